The van der Waals surface area contributed by atoms with Crippen molar-refractivity contribution in [3.8, 4) is 5.88 Å². The summed E-state index contributed by atoms with van der Waals surface area (Å²) in [5, 5.41) is 10.5. The molecule has 0 amide bonds. The van der Waals surface area contributed by atoms with Gasteiger partial charge >= 0.3 is 12.1 Å². The highest BCUT2D eigenvalue weighted by molar-refractivity contribution is 9.10. The number of pyridine rings is 1. The first kappa shape index (κ1) is 17.1. The van der Waals surface area contributed by atoms with Crippen LogP contribution < -0.4 is 4.74 Å². The lowest BCUT2D eigenvalue weighted by molar-refractivity contribution is -0.142. The van der Waals surface area contributed by atoms with Crippen LogP contribution in [0, 0.1) is 0 Å². The van der Waals surface area contributed by atoms with Gasteiger partial charge in [0.25, 0.3) is 0 Å². The third-order valence-electron chi connectivity index (χ3n) is 2.66. The molecule has 0 bridgehead atoms. The summed E-state index contributed by atoms with van der Waals surface area (Å²) < 4.78 is 49.3. The maximum Gasteiger partial charge on any atom is 0.434 e. The fourth-order valence-electron chi connectivity index (χ4n) is 1.54. The van der Waals surface area contributed by atoms with Crippen LogP contribution >= 0.6 is 15.9 Å². The van der Waals surface area contributed by atoms with E-state index in [1.54, 1.807) is 0 Å². The Morgan fingerprint density at radius 2 is 2.13 bits per heavy atom. The number of rotatable bonds is 4. The highest BCUT2D eigenvalue weighted by Gasteiger charge is 2.37. The molecule has 2 aromatic rings. The van der Waals surface area contributed by atoms with Crippen LogP contribution in [0.3, 0.4) is 0 Å². The summed E-state index contributed by atoms with van der Waals surface area (Å²) in [4.78, 5) is 15.1. The maximum absolute atomic E-state index is 12.9. The van der Waals surface area contributed by atoms with Crippen LogP contribution in [0.5, 0.6) is 5.88 Å². The summed E-state index contributed by atoms with van der Waals surface area (Å²) >= 11 is 2.73. The number of carbonyl (C=O) groups is 1. The number of alkyl halides is 3. The molecule has 0 aliphatic heterocycles. The van der Waals surface area contributed by atoms with Gasteiger partial charge in [-0.3, -0.25) is 0 Å². The normalized spacial score (nSPS) is 11.4. The van der Waals surface area contributed by atoms with Crippen molar-refractivity contribution in [2.45, 2.75) is 12.8 Å². The quantitative estimate of drug-likeness (QED) is 0.728. The highest BCUT2D eigenvalue weighted by Crippen LogP contribution is 2.36. The molecule has 0 radical (unpaired) electrons. The molecule has 0 saturated carbocycles. The molecular weight excluding hydrogens is 387 g/mol. The molecule has 2 rings (SSSR count). The van der Waals surface area contributed by atoms with E-state index < -0.39 is 28.2 Å². The van der Waals surface area contributed by atoms with Gasteiger partial charge in [0.2, 0.25) is 5.88 Å². The Kier molecular flexibility index (Phi) is 4.82. The molecule has 0 N–H and O–H groups in total. The summed E-state index contributed by atoms with van der Waals surface area (Å²) in [7, 11) is 2.61. The fraction of sp³-hybridized carbons (Fsp3) is 0.364. The summed E-state index contributed by atoms with van der Waals surface area (Å²) in [6.07, 6.45) is -4.72. The number of carbonyl (C=O) groups excluding carboxylic acids is 1. The number of ether oxygens (including phenoxy) is 2. The number of aromatic nitrogens is 5. The van der Waals surface area contributed by atoms with E-state index in [1.165, 1.54) is 11.7 Å². The topological polar surface area (TPSA) is 92.0 Å². The van der Waals surface area contributed by atoms with E-state index in [1.807, 2.05) is 0 Å². The van der Waals surface area contributed by atoms with Crippen LogP contribution in [0.2, 0.25) is 0 Å². The predicted octanol–water partition coefficient (Wildman–Crippen LogP) is 1.75. The molecule has 0 fully saturated rings. The second-order valence-corrected chi connectivity index (χ2v) is 5.02. The second-order valence-electron chi connectivity index (χ2n) is 4.17. The standard InChI is InChI=1S/C11H9BrF3N5O3/c1-20-7(17-18-19-20)4-23-9-5(10(21)22-2)3-6(12)8(16-9)11(13,14)15/h3H,4H2,1-2H3. The van der Waals surface area contributed by atoms with E-state index >= 15 is 0 Å². The van der Waals surface area contributed by atoms with Gasteiger partial charge in [-0.2, -0.15) is 13.2 Å². The minimum atomic E-state index is -4.72. The van der Waals surface area contributed by atoms with Gasteiger partial charge < -0.3 is 9.47 Å². The fourth-order valence-corrected chi connectivity index (χ4v) is 2.08. The number of hydrogen-bond acceptors (Lipinski definition) is 7. The summed E-state index contributed by atoms with van der Waals surface area (Å²) in [6.45, 7) is -0.278. The lowest BCUT2D eigenvalue weighted by Gasteiger charge is -2.13. The van der Waals surface area contributed by atoms with Gasteiger partial charge in [0.15, 0.2) is 18.1 Å². The largest absolute Gasteiger partial charge is 0.469 e. The molecule has 0 unspecified atom stereocenters. The molecule has 0 spiro atoms. The Labute approximate surface area is 135 Å². The van der Waals surface area contributed by atoms with Crippen LogP contribution in [0.1, 0.15) is 21.9 Å². The predicted molar refractivity (Wildman–Crippen MR) is 71.4 cm³/mol. The molecule has 2 aromatic heterocycles. The van der Waals surface area contributed by atoms with Crippen molar-refractivity contribution in [3.63, 3.8) is 0 Å². The number of hydrogen-bond donors (Lipinski definition) is 0. The number of tetrazole rings is 1. The van der Waals surface area contributed by atoms with Gasteiger partial charge in [-0.1, -0.05) is 0 Å². The molecule has 12 heteroatoms. The minimum Gasteiger partial charge on any atom is -0.469 e. The van der Waals surface area contributed by atoms with Gasteiger partial charge in [0, 0.05) is 11.5 Å². The summed E-state index contributed by atoms with van der Waals surface area (Å²) in [5.74, 6) is -1.19. The Hall–Kier alpha value is -2.24. The van der Waals surface area contributed by atoms with Crippen molar-refractivity contribution in [3.05, 3.63) is 27.6 Å². The zero-order valence-corrected chi connectivity index (χ0v) is 13.3. The molecule has 0 aromatic carbocycles. The van der Waals surface area contributed by atoms with E-state index in [4.69, 9.17) is 4.74 Å². The van der Waals surface area contributed by atoms with Crippen LogP contribution in [0.25, 0.3) is 0 Å². The van der Waals surface area contributed by atoms with Crippen molar-refractivity contribution >= 4 is 21.9 Å². The average molecular weight is 396 g/mol. The third-order valence-corrected chi connectivity index (χ3v) is 3.27. The van der Waals surface area contributed by atoms with Crippen molar-refractivity contribution < 1.29 is 27.4 Å². The van der Waals surface area contributed by atoms with E-state index in [-0.39, 0.29) is 18.0 Å². The first-order valence-electron chi connectivity index (χ1n) is 5.94. The molecule has 0 aliphatic rings. The van der Waals surface area contributed by atoms with Crippen LogP contribution in [0.4, 0.5) is 13.2 Å². The van der Waals surface area contributed by atoms with Gasteiger partial charge in [0.1, 0.15) is 5.56 Å². The summed E-state index contributed by atoms with van der Waals surface area (Å²) in [6, 6.07) is 0.936. The molecule has 2 heterocycles. The van der Waals surface area contributed by atoms with Crippen molar-refractivity contribution in [2.24, 2.45) is 7.05 Å². The molecule has 23 heavy (non-hydrogen) atoms. The number of esters is 1. The molecule has 0 atom stereocenters. The second kappa shape index (κ2) is 6.48. The Bertz CT molecular complexity index is 734. The number of nitrogens with zero attached hydrogens (tertiary/aromatic N) is 5. The van der Waals surface area contributed by atoms with Gasteiger partial charge in [0.05, 0.1) is 7.11 Å². The van der Waals surface area contributed by atoms with E-state index in [9.17, 15) is 18.0 Å². The smallest absolute Gasteiger partial charge is 0.434 e. The van der Waals surface area contributed by atoms with Crippen LogP contribution in [-0.2, 0) is 24.6 Å². The number of methoxy groups -OCH3 is 1. The Morgan fingerprint density at radius 1 is 1.43 bits per heavy atom. The van der Waals surface area contributed by atoms with Crippen LogP contribution in [-0.4, -0.2) is 38.3 Å². The molecule has 0 saturated heterocycles. The Balaban J connectivity index is 2.41. The third kappa shape index (κ3) is 3.75. The lowest BCUT2D eigenvalue weighted by Crippen LogP contribution is -2.15. The van der Waals surface area contributed by atoms with Crippen molar-refractivity contribution in [1.82, 2.24) is 25.2 Å². The molecule has 8 nitrogen and oxygen atoms in total. The van der Waals surface area contributed by atoms with Crippen LogP contribution in [0.15, 0.2) is 10.5 Å². The van der Waals surface area contributed by atoms with Crippen molar-refractivity contribution in [1.29, 1.82) is 0 Å². The summed E-state index contributed by atoms with van der Waals surface area (Å²) in [5.41, 5.74) is -1.49. The monoisotopic (exact) mass is 395 g/mol. The SMILES string of the molecule is COC(=O)c1cc(Br)c(C(F)(F)F)nc1OCc1nnnn1C. The molecule has 0 aliphatic carbocycles. The maximum atomic E-state index is 12.9. The minimum absolute atomic E-state index is 0.235. The van der Waals surface area contributed by atoms with Gasteiger partial charge in [-0.15, -0.1) is 5.10 Å². The van der Waals surface area contributed by atoms with Gasteiger partial charge in [-0.25, -0.2) is 14.5 Å². The molecule has 124 valence electrons. The first-order chi connectivity index (χ1) is 10.7. The highest BCUT2D eigenvalue weighted by atomic mass is 79.9. The lowest BCUT2D eigenvalue weighted by atomic mass is 10.2. The first-order valence-corrected chi connectivity index (χ1v) is 6.73. The number of aryl methyl sites for hydroxylation is 1. The van der Waals surface area contributed by atoms with Gasteiger partial charge in [-0.05, 0) is 32.4 Å². The zero-order valence-electron chi connectivity index (χ0n) is 11.8. The zero-order chi connectivity index (χ0) is 17.2. The van der Waals surface area contributed by atoms with Crippen molar-refractivity contribution in [2.75, 3.05) is 7.11 Å². The Morgan fingerprint density at radius 3 is 2.65 bits per heavy atom. The average Bonchev–Trinajstić information content (AvgIpc) is 2.89. The van der Waals surface area contributed by atoms with E-state index in [2.05, 4.69) is 41.2 Å². The van der Waals surface area contributed by atoms with E-state index in [0.717, 1.165) is 13.2 Å². The van der Waals surface area contributed by atoms with E-state index in [0.29, 0.717) is 0 Å². The number of halogens is 4. The molecular formula is C11H9BrF3N5O3.